The van der Waals surface area contributed by atoms with E-state index in [2.05, 4.69) is 0 Å². The zero-order valence-electron chi connectivity index (χ0n) is 24.0. The second-order valence-electron chi connectivity index (χ2n) is 10.8. The van der Waals surface area contributed by atoms with E-state index in [4.69, 9.17) is 9.47 Å². The highest BCUT2D eigenvalue weighted by Gasteiger charge is 2.32. The van der Waals surface area contributed by atoms with Gasteiger partial charge in [-0.05, 0) is 42.0 Å². The predicted molar refractivity (Wildman–Crippen MR) is 164 cm³/mol. The summed E-state index contributed by atoms with van der Waals surface area (Å²) < 4.78 is 11.3. The van der Waals surface area contributed by atoms with E-state index in [0.717, 1.165) is 0 Å². The van der Waals surface area contributed by atoms with Crippen molar-refractivity contribution in [1.29, 1.82) is 0 Å². The van der Waals surface area contributed by atoms with Gasteiger partial charge in [0.25, 0.3) is 0 Å². The van der Waals surface area contributed by atoms with Crippen molar-refractivity contribution in [3.8, 4) is 0 Å². The highest BCUT2D eigenvalue weighted by Crippen LogP contribution is 2.30. The van der Waals surface area contributed by atoms with E-state index in [9.17, 15) is 28.8 Å². The summed E-state index contributed by atoms with van der Waals surface area (Å²) in [6.45, 7) is -0.364. The van der Waals surface area contributed by atoms with Crippen molar-refractivity contribution >= 4 is 35.1 Å². The van der Waals surface area contributed by atoms with E-state index in [1.807, 2.05) is 0 Å². The normalized spacial score (nSPS) is 13.6. The standard InChI is InChI=1S/C38H22O8/c39-33-24-10-4-6-12-26(24)35(41)30-18-22(14-16-28(30)33)37(43)45-20-32(21-8-2-1-3-9-21)46-38(44)23-15-17-29-31(19-23)36(42)27-13-7-5-11-25(27)34(29)40/h1-19,32H,20H2. The number of ether oxygens (including phenoxy) is 2. The molecule has 8 heteroatoms. The molecule has 5 aromatic carbocycles. The first-order chi connectivity index (χ1) is 22.3. The van der Waals surface area contributed by atoms with Gasteiger partial charge in [-0.2, -0.15) is 0 Å². The van der Waals surface area contributed by atoms with Gasteiger partial charge >= 0.3 is 11.9 Å². The quantitative estimate of drug-likeness (QED) is 0.212. The molecule has 0 N–H and O–H groups in total. The van der Waals surface area contributed by atoms with Gasteiger partial charge < -0.3 is 9.47 Å². The predicted octanol–water partition coefficient (Wildman–Crippen LogP) is 5.99. The van der Waals surface area contributed by atoms with Crippen LogP contribution in [0, 0.1) is 0 Å². The third kappa shape index (κ3) is 4.82. The van der Waals surface area contributed by atoms with Crippen molar-refractivity contribution in [2.45, 2.75) is 6.10 Å². The SMILES string of the molecule is O=C(OCC(OC(=O)c1ccc2c(c1)C(=O)c1ccccc1C2=O)c1ccccc1)c1ccc2c(c1)C(=O)c1ccccc1C2=O. The molecule has 2 aliphatic rings. The highest BCUT2D eigenvalue weighted by atomic mass is 16.6. The minimum absolute atomic E-state index is 0.0460. The van der Waals surface area contributed by atoms with Crippen LogP contribution in [0.15, 0.2) is 115 Å². The molecule has 8 nitrogen and oxygen atoms in total. The van der Waals surface area contributed by atoms with Gasteiger partial charge in [-0.3, -0.25) is 19.2 Å². The number of hydrogen-bond donors (Lipinski definition) is 0. The van der Waals surface area contributed by atoms with Crippen LogP contribution < -0.4 is 0 Å². The average molecular weight is 607 g/mol. The Kier molecular flexibility index (Phi) is 7.02. The molecule has 0 saturated carbocycles. The molecule has 46 heavy (non-hydrogen) atoms. The van der Waals surface area contributed by atoms with Crippen LogP contribution in [0.4, 0.5) is 0 Å². The van der Waals surface area contributed by atoms with Crippen LogP contribution in [0.1, 0.15) is 96.1 Å². The maximum atomic E-state index is 13.4. The van der Waals surface area contributed by atoms with E-state index >= 15 is 0 Å². The van der Waals surface area contributed by atoms with Crippen LogP contribution in [0.2, 0.25) is 0 Å². The maximum absolute atomic E-state index is 13.4. The van der Waals surface area contributed by atoms with Crippen LogP contribution in [-0.2, 0) is 9.47 Å². The third-order valence-corrected chi connectivity index (χ3v) is 8.11. The van der Waals surface area contributed by atoms with Crippen molar-refractivity contribution in [1.82, 2.24) is 0 Å². The van der Waals surface area contributed by atoms with Crippen molar-refractivity contribution in [2.75, 3.05) is 6.61 Å². The minimum atomic E-state index is -1.03. The Morgan fingerprint density at radius 3 is 1.33 bits per heavy atom. The number of rotatable bonds is 6. The summed E-state index contributed by atoms with van der Waals surface area (Å²) in [5.74, 6) is -2.93. The molecule has 1 atom stereocenters. The van der Waals surface area contributed by atoms with E-state index in [1.54, 1.807) is 78.9 Å². The maximum Gasteiger partial charge on any atom is 0.338 e. The smallest absolute Gasteiger partial charge is 0.338 e. The molecule has 0 saturated heterocycles. The van der Waals surface area contributed by atoms with E-state index in [1.165, 1.54) is 36.4 Å². The fourth-order valence-corrected chi connectivity index (χ4v) is 5.75. The van der Waals surface area contributed by atoms with Crippen LogP contribution in [0.5, 0.6) is 0 Å². The van der Waals surface area contributed by atoms with Crippen molar-refractivity contribution in [3.05, 3.63) is 176 Å². The molecule has 222 valence electrons. The molecule has 1 unspecified atom stereocenters. The molecule has 7 rings (SSSR count). The first-order valence-corrected chi connectivity index (χ1v) is 14.4. The second kappa shape index (κ2) is 11.3. The van der Waals surface area contributed by atoms with Crippen LogP contribution in [0.25, 0.3) is 0 Å². The molecule has 0 bridgehead atoms. The molecule has 0 fully saturated rings. The van der Waals surface area contributed by atoms with Crippen LogP contribution >= 0.6 is 0 Å². The van der Waals surface area contributed by atoms with Gasteiger partial charge in [0.1, 0.15) is 6.61 Å². The van der Waals surface area contributed by atoms with Gasteiger partial charge in [-0.1, -0.05) is 78.9 Å². The van der Waals surface area contributed by atoms with Gasteiger partial charge in [0.2, 0.25) is 0 Å². The lowest BCUT2D eigenvalue weighted by Gasteiger charge is -2.21. The Labute approximate surface area is 262 Å². The molecule has 0 amide bonds. The zero-order chi connectivity index (χ0) is 31.9. The summed E-state index contributed by atoms with van der Waals surface area (Å²) in [5, 5.41) is 0. The number of hydrogen-bond acceptors (Lipinski definition) is 8. The summed E-state index contributed by atoms with van der Waals surface area (Å²) in [6.07, 6.45) is -1.03. The molecule has 0 radical (unpaired) electrons. The number of esters is 2. The zero-order valence-corrected chi connectivity index (χ0v) is 24.0. The Morgan fingerprint density at radius 1 is 0.457 bits per heavy atom. The Balaban J connectivity index is 1.11. The summed E-state index contributed by atoms with van der Waals surface area (Å²) in [7, 11) is 0. The third-order valence-electron chi connectivity index (χ3n) is 8.11. The molecule has 0 aliphatic heterocycles. The van der Waals surface area contributed by atoms with E-state index < -0.39 is 18.0 Å². The van der Waals surface area contributed by atoms with E-state index in [0.29, 0.717) is 16.7 Å². The van der Waals surface area contributed by atoms with Gasteiger partial charge in [0.15, 0.2) is 29.2 Å². The Hall–Kier alpha value is -6.28. The lowest BCUT2D eigenvalue weighted by atomic mass is 9.83. The number of ketones is 4. The van der Waals surface area contributed by atoms with Crippen molar-refractivity contribution in [3.63, 3.8) is 0 Å². The Morgan fingerprint density at radius 2 is 0.848 bits per heavy atom. The lowest BCUT2D eigenvalue weighted by molar-refractivity contribution is -0.00134. The number of benzene rings is 5. The van der Waals surface area contributed by atoms with Crippen molar-refractivity contribution < 1.29 is 38.2 Å². The molecule has 0 aromatic heterocycles. The minimum Gasteiger partial charge on any atom is -0.458 e. The summed E-state index contributed by atoms with van der Waals surface area (Å²) in [6, 6.07) is 30.0. The van der Waals surface area contributed by atoms with Gasteiger partial charge in [-0.15, -0.1) is 0 Å². The van der Waals surface area contributed by atoms with Gasteiger partial charge in [-0.25, -0.2) is 9.59 Å². The van der Waals surface area contributed by atoms with Crippen molar-refractivity contribution in [2.24, 2.45) is 0 Å². The fourth-order valence-electron chi connectivity index (χ4n) is 5.75. The first-order valence-electron chi connectivity index (χ1n) is 14.4. The monoisotopic (exact) mass is 606 g/mol. The lowest BCUT2D eigenvalue weighted by Crippen LogP contribution is -2.23. The van der Waals surface area contributed by atoms with Crippen LogP contribution in [-0.4, -0.2) is 41.7 Å². The average Bonchev–Trinajstić information content (AvgIpc) is 3.11. The summed E-state index contributed by atoms with van der Waals surface area (Å²) in [5.41, 5.74) is 2.38. The number of carbonyl (C=O) groups excluding carboxylic acids is 6. The molecule has 5 aromatic rings. The largest absolute Gasteiger partial charge is 0.458 e. The topological polar surface area (TPSA) is 121 Å². The molecule has 2 aliphatic carbocycles. The molecular formula is C38H22O8. The Bertz CT molecular complexity index is 2140. The number of fused-ring (bicyclic) bond motifs is 4. The van der Waals surface area contributed by atoms with E-state index in [-0.39, 0.29) is 74.2 Å². The molecule has 0 heterocycles. The fraction of sp³-hybridized carbons (Fsp3) is 0.0526. The van der Waals surface area contributed by atoms with Gasteiger partial charge in [0.05, 0.1) is 11.1 Å². The first kappa shape index (κ1) is 28.5. The number of carbonyl (C=O) groups is 6. The summed E-state index contributed by atoms with van der Waals surface area (Å²) in [4.78, 5) is 78.7. The molecule has 0 spiro atoms. The second-order valence-corrected chi connectivity index (χ2v) is 10.8. The summed E-state index contributed by atoms with van der Waals surface area (Å²) >= 11 is 0. The molecular weight excluding hydrogens is 584 g/mol. The van der Waals surface area contributed by atoms with Gasteiger partial charge in [0, 0.05) is 44.5 Å². The highest BCUT2D eigenvalue weighted by molar-refractivity contribution is 6.29. The van der Waals surface area contributed by atoms with Crippen LogP contribution in [0.3, 0.4) is 0 Å².